The van der Waals surface area contributed by atoms with Crippen molar-refractivity contribution in [3.05, 3.63) is 0 Å². The van der Waals surface area contributed by atoms with E-state index in [2.05, 4.69) is 13.8 Å². The van der Waals surface area contributed by atoms with E-state index in [4.69, 9.17) is 5.73 Å². The SMILES string of the molecule is CC(C)C(C)(N)N(C)C. The van der Waals surface area contributed by atoms with Crippen LogP contribution in [-0.2, 0) is 0 Å². The number of nitrogens with two attached hydrogens (primary N) is 1. The van der Waals surface area contributed by atoms with E-state index in [-0.39, 0.29) is 5.66 Å². The van der Waals surface area contributed by atoms with Gasteiger partial charge >= 0.3 is 0 Å². The van der Waals surface area contributed by atoms with Crippen molar-refractivity contribution >= 4 is 0 Å². The van der Waals surface area contributed by atoms with Crippen LogP contribution in [0.4, 0.5) is 0 Å². The zero-order valence-electron chi connectivity index (χ0n) is 7.10. The molecule has 1 unspecified atom stereocenters. The molecule has 9 heavy (non-hydrogen) atoms. The number of rotatable bonds is 2. The fraction of sp³-hybridized carbons (Fsp3) is 1.00. The first-order valence-corrected chi connectivity index (χ1v) is 3.35. The summed E-state index contributed by atoms with van der Waals surface area (Å²) in [6, 6.07) is 0. The highest BCUT2D eigenvalue weighted by Crippen LogP contribution is 2.14. The van der Waals surface area contributed by atoms with E-state index in [1.165, 1.54) is 0 Å². The van der Waals surface area contributed by atoms with E-state index >= 15 is 0 Å². The minimum absolute atomic E-state index is 0.167. The lowest BCUT2D eigenvalue weighted by atomic mass is 9.98. The van der Waals surface area contributed by atoms with Crippen molar-refractivity contribution in [1.29, 1.82) is 0 Å². The monoisotopic (exact) mass is 130 g/mol. The van der Waals surface area contributed by atoms with Gasteiger partial charge in [-0.05, 0) is 26.9 Å². The molecule has 2 N–H and O–H groups in total. The quantitative estimate of drug-likeness (QED) is 0.562. The summed E-state index contributed by atoms with van der Waals surface area (Å²) in [5.41, 5.74) is 5.76. The molecule has 0 radical (unpaired) electrons. The Morgan fingerprint density at radius 1 is 1.33 bits per heavy atom. The van der Waals surface area contributed by atoms with E-state index in [9.17, 15) is 0 Å². The first-order valence-electron chi connectivity index (χ1n) is 3.35. The summed E-state index contributed by atoms with van der Waals surface area (Å²) in [5.74, 6) is 0.493. The summed E-state index contributed by atoms with van der Waals surface area (Å²) in [6.07, 6.45) is 0. The van der Waals surface area contributed by atoms with Crippen LogP contribution in [0.3, 0.4) is 0 Å². The Kier molecular flexibility index (Phi) is 2.65. The van der Waals surface area contributed by atoms with Gasteiger partial charge in [0.15, 0.2) is 0 Å². The fourth-order valence-corrected chi connectivity index (χ4v) is 0.516. The van der Waals surface area contributed by atoms with Crippen LogP contribution in [0.15, 0.2) is 0 Å². The van der Waals surface area contributed by atoms with Crippen molar-refractivity contribution < 1.29 is 0 Å². The van der Waals surface area contributed by atoms with Crippen LogP contribution in [0.25, 0.3) is 0 Å². The maximum atomic E-state index is 5.93. The van der Waals surface area contributed by atoms with Gasteiger partial charge in [-0.2, -0.15) is 0 Å². The molecule has 0 aromatic heterocycles. The minimum atomic E-state index is -0.167. The number of hydrogen-bond acceptors (Lipinski definition) is 2. The van der Waals surface area contributed by atoms with E-state index < -0.39 is 0 Å². The summed E-state index contributed by atoms with van der Waals surface area (Å²) >= 11 is 0. The van der Waals surface area contributed by atoms with E-state index in [0.29, 0.717) is 5.92 Å². The Hall–Kier alpha value is -0.0800. The third-order valence-electron chi connectivity index (χ3n) is 2.13. The Morgan fingerprint density at radius 3 is 1.67 bits per heavy atom. The van der Waals surface area contributed by atoms with Crippen LogP contribution in [-0.4, -0.2) is 24.7 Å². The molecule has 0 heterocycles. The van der Waals surface area contributed by atoms with Gasteiger partial charge in [0.1, 0.15) is 0 Å². The van der Waals surface area contributed by atoms with Crippen LogP contribution < -0.4 is 5.73 Å². The molecule has 0 aromatic carbocycles. The third-order valence-corrected chi connectivity index (χ3v) is 2.13. The highest BCUT2D eigenvalue weighted by Gasteiger charge is 2.24. The zero-order valence-corrected chi connectivity index (χ0v) is 7.10. The molecule has 0 spiro atoms. The van der Waals surface area contributed by atoms with Crippen molar-refractivity contribution in [1.82, 2.24) is 4.90 Å². The first-order chi connectivity index (χ1) is 3.89. The maximum Gasteiger partial charge on any atom is 0.0676 e. The Balaban J connectivity index is 4.01. The molecule has 0 aromatic rings. The molecule has 0 aliphatic carbocycles. The van der Waals surface area contributed by atoms with Crippen LogP contribution >= 0.6 is 0 Å². The van der Waals surface area contributed by atoms with Gasteiger partial charge in [-0.1, -0.05) is 13.8 Å². The average molecular weight is 130 g/mol. The summed E-state index contributed by atoms with van der Waals surface area (Å²) < 4.78 is 0. The second kappa shape index (κ2) is 2.67. The fourth-order valence-electron chi connectivity index (χ4n) is 0.516. The molecule has 2 heteroatoms. The predicted octanol–water partition coefficient (Wildman–Crippen LogP) is 0.879. The van der Waals surface area contributed by atoms with Gasteiger partial charge in [-0.25, -0.2) is 0 Å². The van der Waals surface area contributed by atoms with Crippen molar-refractivity contribution in [3.8, 4) is 0 Å². The molecule has 0 bridgehead atoms. The molecular weight excluding hydrogens is 112 g/mol. The van der Waals surface area contributed by atoms with Gasteiger partial charge in [-0.3, -0.25) is 4.90 Å². The van der Waals surface area contributed by atoms with Gasteiger partial charge in [0.25, 0.3) is 0 Å². The highest BCUT2D eigenvalue weighted by molar-refractivity contribution is 4.78. The van der Waals surface area contributed by atoms with Gasteiger partial charge in [-0.15, -0.1) is 0 Å². The lowest BCUT2D eigenvalue weighted by molar-refractivity contribution is 0.122. The van der Waals surface area contributed by atoms with Crippen molar-refractivity contribution in [2.24, 2.45) is 11.7 Å². The second-order valence-corrected chi connectivity index (χ2v) is 3.27. The molecule has 56 valence electrons. The van der Waals surface area contributed by atoms with Crippen molar-refractivity contribution in [2.75, 3.05) is 14.1 Å². The molecule has 0 saturated heterocycles. The normalized spacial score (nSPS) is 18.7. The zero-order chi connectivity index (χ0) is 7.65. The number of hydrogen-bond donors (Lipinski definition) is 1. The topological polar surface area (TPSA) is 29.3 Å². The Bertz CT molecular complexity index is 74.9. The van der Waals surface area contributed by atoms with E-state index in [1.54, 1.807) is 0 Å². The molecule has 1 atom stereocenters. The van der Waals surface area contributed by atoms with E-state index in [1.807, 2.05) is 25.9 Å². The lowest BCUT2D eigenvalue weighted by Gasteiger charge is -2.36. The average Bonchev–Trinajstić information content (AvgIpc) is 1.65. The lowest BCUT2D eigenvalue weighted by Crippen LogP contribution is -2.53. The van der Waals surface area contributed by atoms with Crippen LogP contribution in [0, 0.1) is 5.92 Å². The second-order valence-electron chi connectivity index (χ2n) is 3.27. The standard InChI is InChI=1S/C7H18N2/c1-6(2)7(3,8)9(4)5/h6H,8H2,1-5H3. The molecule has 0 amide bonds. The Labute approximate surface area is 58.0 Å². The van der Waals surface area contributed by atoms with Crippen molar-refractivity contribution in [3.63, 3.8) is 0 Å². The third kappa shape index (κ3) is 1.95. The van der Waals surface area contributed by atoms with Crippen LogP contribution in [0.2, 0.25) is 0 Å². The van der Waals surface area contributed by atoms with Crippen LogP contribution in [0.1, 0.15) is 20.8 Å². The Morgan fingerprint density at radius 2 is 1.67 bits per heavy atom. The maximum absolute atomic E-state index is 5.93. The van der Waals surface area contributed by atoms with Gasteiger partial charge in [0, 0.05) is 0 Å². The molecular formula is C7H18N2. The predicted molar refractivity (Wildman–Crippen MR) is 41.1 cm³/mol. The van der Waals surface area contributed by atoms with E-state index in [0.717, 1.165) is 0 Å². The smallest absolute Gasteiger partial charge is 0.0676 e. The van der Waals surface area contributed by atoms with Gasteiger partial charge in [0.05, 0.1) is 5.66 Å². The molecule has 0 aliphatic heterocycles. The highest BCUT2D eigenvalue weighted by atomic mass is 15.2. The summed E-state index contributed by atoms with van der Waals surface area (Å²) in [6.45, 7) is 6.29. The molecule has 0 fully saturated rings. The molecule has 0 aliphatic rings. The van der Waals surface area contributed by atoms with Gasteiger partial charge in [0.2, 0.25) is 0 Å². The van der Waals surface area contributed by atoms with Crippen LogP contribution in [0.5, 0.6) is 0 Å². The number of nitrogens with zero attached hydrogens (tertiary/aromatic N) is 1. The van der Waals surface area contributed by atoms with Crippen molar-refractivity contribution in [2.45, 2.75) is 26.4 Å². The van der Waals surface area contributed by atoms with Gasteiger partial charge < -0.3 is 5.73 Å². The summed E-state index contributed by atoms with van der Waals surface area (Å²) in [7, 11) is 4.00. The first kappa shape index (κ1) is 8.92. The molecule has 0 saturated carbocycles. The summed E-state index contributed by atoms with van der Waals surface area (Å²) in [4.78, 5) is 2.04. The largest absolute Gasteiger partial charge is 0.313 e. The molecule has 2 nitrogen and oxygen atoms in total. The minimum Gasteiger partial charge on any atom is -0.313 e. The summed E-state index contributed by atoms with van der Waals surface area (Å²) in [5, 5.41) is 0. The molecule has 0 rings (SSSR count).